The zero-order chi connectivity index (χ0) is 27.4. The molecular formula is C27H26F3N5O4. The minimum absolute atomic E-state index is 0.0590. The van der Waals surface area contributed by atoms with Gasteiger partial charge in [0.1, 0.15) is 17.6 Å². The number of nitrogens with one attached hydrogen (secondary N) is 1. The molecule has 39 heavy (non-hydrogen) atoms. The first-order valence-corrected chi connectivity index (χ1v) is 12.4. The number of amides is 2. The van der Waals surface area contributed by atoms with Crippen LogP contribution in [0.2, 0.25) is 0 Å². The van der Waals surface area contributed by atoms with E-state index in [0.29, 0.717) is 49.6 Å². The number of ether oxygens (including phenoxy) is 2. The Hall–Kier alpha value is -4.35. The predicted molar refractivity (Wildman–Crippen MR) is 135 cm³/mol. The van der Waals surface area contributed by atoms with Crippen LogP contribution in [0.1, 0.15) is 12.0 Å². The van der Waals surface area contributed by atoms with Crippen molar-refractivity contribution in [3.63, 3.8) is 0 Å². The van der Waals surface area contributed by atoms with Gasteiger partial charge in [0.2, 0.25) is 11.8 Å². The Morgan fingerprint density at radius 1 is 0.974 bits per heavy atom. The summed E-state index contributed by atoms with van der Waals surface area (Å²) in [5.41, 5.74) is 1.26. The average molecular weight is 542 g/mol. The smallest absolute Gasteiger partial charge is 0.489 e. The molecule has 1 unspecified atom stereocenters. The van der Waals surface area contributed by atoms with Crippen LogP contribution in [-0.2, 0) is 16.0 Å². The third-order valence-electron chi connectivity index (χ3n) is 6.57. The van der Waals surface area contributed by atoms with Crippen molar-refractivity contribution in [2.45, 2.75) is 25.3 Å². The first-order valence-electron chi connectivity index (χ1n) is 12.4. The summed E-state index contributed by atoms with van der Waals surface area (Å²) in [4.78, 5) is 28.9. The Balaban J connectivity index is 1.05. The summed E-state index contributed by atoms with van der Waals surface area (Å²) in [6.45, 7) is 2.11. The van der Waals surface area contributed by atoms with Gasteiger partial charge in [0.25, 0.3) is 0 Å². The van der Waals surface area contributed by atoms with Crippen LogP contribution in [0.15, 0.2) is 66.9 Å². The van der Waals surface area contributed by atoms with Gasteiger partial charge in [-0.3, -0.25) is 9.59 Å². The summed E-state index contributed by atoms with van der Waals surface area (Å²) in [5, 5.41) is 10.8. The zero-order valence-electron chi connectivity index (χ0n) is 20.8. The normalized spacial score (nSPS) is 17.5. The summed E-state index contributed by atoms with van der Waals surface area (Å²) < 4.78 is 46.8. The maximum atomic E-state index is 12.7. The summed E-state index contributed by atoms with van der Waals surface area (Å²) in [6.07, 6.45) is -2.60. The number of rotatable bonds is 8. The van der Waals surface area contributed by atoms with Gasteiger partial charge < -0.3 is 24.6 Å². The van der Waals surface area contributed by atoms with Gasteiger partial charge in [0.15, 0.2) is 5.82 Å². The van der Waals surface area contributed by atoms with Crippen molar-refractivity contribution in [1.29, 1.82) is 0 Å². The maximum absolute atomic E-state index is 12.7. The second-order valence-electron chi connectivity index (χ2n) is 9.43. The van der Waals surface area contributed by atoms with Gasteiger partial charge in [0, 0.05) is 37.9 Å². The number of hydrogen-bond acceptors (Lipinski definition) is 7. The molecule has 3 heterocycles. The Morgan fingerprint density at radius 2 is 1.69 bits per heavy atom. The molecule has 2 amide bonds. The fourth-order valence-electron chi connectivity index (χ4n) is 4.49. The van der Waals surface area contributed by atoms with Crippen LogP contribution in [0.4, 0.5) is 24.7 Å². The topological polar surface area (TPSA) is 96.9 Å². The number of benzene rings is 2. The number of likely N-dealkylation sites (tertiary alicyclic amines) is 1. The van der Waals surface area contributed by atoms with Crippen LogP contribution in [0.5, 0.6) is 11.5 Å². The molecule has 0 saturated carbocycles. The van der Waals surface area contributed by atoms with Crippen LogP contribution in [-0.4, -0.2) is 65.6 Å². The first-order chi connectivity index (χ1) is 18.7. The molecule has 2 aliphatic rings. The molecule has 0 aliphatic carbocycles. The lowest BCUT2D eigenvalue weighted by molar-refractivity contribution is -0.274. The summed E-state index contributed by atoms with van der Waals surface area (Å²) in [5.74, 6) is 0.741. The van der Waals surface area contributed by atoms with E-state index in [9.17, 15) is 22.8 Å². The summed E-state index contributed by atoms with van der Waals surface area (Å²) in [7, 11) is 0. The number of hydrogen-bond donors (Lipinski definition) is 1. The van der Waals surface area contributed by atoms with Gasteiger partial charge >= 0.3 is 6.36 Å². The van der Waals surface area contributed by atoms with E-state index >= 15 is 0 Å². The molecule has 2 fully saturated rings. The molecule has 0 radical (unpaired) electrons. The van der Waals surface area contributed by atoms with Crippen LogP contribution in [0.25, 0.3) is 0 Å². The third-order valence-corrected chi connectivity index (χ3v) is 6.57. The quantitative estimate of drug-likeness (QED) is 0.465. The van der Waals surface area contributed by atoms with Gasteiger partial charge in [-0.1, -0.05) is 12.1 Å². The molecule has 1 atom stereocenters. The van der Waals surface area contributed by atoms with Crippen LogP contribution < -0.4 is 19.7 Å². The predicted octanol–water partition coefficient (Wildman–Crippen LogP) is 3.67. The molecule has 12 heteroatoms. The van der Waals surface area contributed by atoms with E-state index in [-0.39, 0.29) is 36.0 Å². The molecular weight excluding hydrogens is 515 g/mol. The standard InChI is InChI=1S/C27H26F3N5O4/c28-27(29,30)39-22-7-3-18(4-8-22)14-25(36)34-13-11-23(17-34)38-21-9-5-20(6-10-21)32-26(37)19-15-35(16-19)24-2-1-12-31-33-24/h1-10,12,19,23H,11,13-17H2,(H,32,37). The van der Waals surface area contributed by atoms with Crippen molar-refractivity contribution in [3.05, 3.63) is 72.4 Å². The number of anilines is 2. The number of aromatic nitrogens is 2. The third kappa shape index (κ3) is 6.95. The molecule has 2 saturated heterocycles. The lowest BCUT2D eigenvalue weighted by atomic mass is 9.99. The molecule has 2 aromatic carbocycles. The molecule has 9 nitrogen and oxygen atoms in total. The van der Waals surface area contributed by atoms with E-state index in [1.54, 1.807) is 35.4 Å². The monoisotopic (exact) mass is 541 g/mol. The number of nitrogens with zero attached hydrogens (tertiary/aromatic N) is 4. The van der Waals surface area contributed by atoms with E-state index < -0.39 is 6.36 Å². The number of halogens is 3. The molecule has 2 aliphatic heterocycles. The Labute approximate surface area is 222 Å². The summed E-state index contributed by atoms with van der Waals surface area (Å²) >= 11 is 0. The second kappa shape index (κ2) is 11.2. The lowest BCUT2D eigenvalue weighted by Crippen LogP contribution is -2.52. The highest BCUT2D eigenvalue weighted by atomic mass is 19.4. The van der Waals surface area contributed by atoms with Gasteiger partial charge in [-0.25, -0.2) is 0 Å². The number of alkyl halides is 3. The minimum Gasteiger partial charge on any atom is -0.489 e. The minimum atomic E-state index is -4.76. The molecule has 1 aromatic heterocycles. The van der Waals surface area contributed by atoms with E-state index in [1.807, 2.05) is 17.0 Å². The van der Waals surface area contributed by atoms with Crippen molar-refractivity contribution in [3.8, 4) is 11.5 Å². The maximum Gasteiger partial charge on any atom is 0.573 e. The SMILES string of the molecule is O=C(Nc1ccc(OC2CCN(C(=O)Cc3ccc(OC(F)(F)F)cc3)C2)cc1)C1CN(c2cccnn2)C1. The Kier molecular flexibility index (Phi) is 7.53. The van der Waals surface area contributed by atoms with E-state index in [2.05, 4.69) is 20.3 Å². The van der Waals surface area contributed by atoms with Gasteiger partial charge in [-0.2, -0.15) is 5.10 Å². The van der Waals surface area contributed by atoms with Crippen molar-refractivity contribution in [1.82, 2.24) is 15.1 Å². The van der Waals surface area contributed by atoms with E-state index in [0.717, 1.165) is 5.82 Å². The van der Waals surface area contributed by atoms with Crippen molar-refractivity contribution >= 4 is 23.3 Å². The zero-order valence-corrected chi connectivity index (χ0v) is 20.8. The molecule has 1 N–H and O–H groups in total. The van der Waals surface area contributed by atoms with Crippen LogP contribution in [0.3, 0.4) is 0 Å². The Morgan fingerprint density at radius 3 is 2.36 bits per heavy atom. The lowest BCUT2D eigenvalue weighted by Gasteiger charge is -2.38. The highest BCUT2D eigenvalue weighted by Gasteiger charge is 2.34. The van der Waals surface area contributed by atoms with Gasteiger partial charge in [-0.05, 0) is 54.1 Å². The Bertz CT molecular complexity index is 1280. The largest absolute Gasteiger partial charge is 0.573 e. The van der Waals surface area contributed by atoms with E-state index in [4.69, 9.17) is 4.74 Å². The van der Waals surface area contributed by atoms with Crippen LogP contribution >= 0.6 is 0 Å². The van der Waals surface area contributed by atoms with Crippen molar-refractivity contribution in [2.24, 2.45) is 5.92 Å². The fraction of sp³-hybridized carbons (Fsp3) is 0.333. The molecule has 5 rings (SSSR count). The average Bonchev–Trinajstić information content (AvgIpc) is 3.34. The fourth-order valence-corrected chi connectivity index (χ4v) is 4.49. The molecule has 3 aromatic rings. The van der Waals surface area contributed by atoms with Crippen molar-refractivity contribution in [2.75, 3.05) is 36.4 Å². The molecule has 0 bridgehead atoms. The number of carbonyl (C=O) groups is 2. The second-order valence-corrected chi connectivity index (χ2v) is 9.43. The first kappa shape index (κ1) is 26.3. The highest BCUT2D eigenvalue weighted by Crippen LogP contribution is 2.26. The molecule has 0 spiro atoms. The van der Waals surface area contributed by atoms with Crippen molar-refractivity contribution < 1.29 is 32.2 Å². The van der Waals surface area contributed by atoms with Gasteiger partial charge in [-0.15, -0.1) is 18.3 Å². The highest BCUT2D eigenvalue weighted by molar-refractivity contribution is 5.94. The molecule has 204 valence electrons. The van der Waals surface area contributed by atoms with Gasteiger partial charge in [0.05, 0.1) is 18.9 Å². The van der Waals surface area contributed by atoms with Crippen LogP contribution in [0, 0.1) is 5.92 Å². The van der Waals surface area contributed by atoms with E-state index in [1.165, 1.54) is 24.3 Å². The number of carbonyl (C=O) groups excluding carboxylic acids is 2. The summed E-state index contributed by atoms with van der Waals surface area (Å²) in [6, 6.07) is 16.0.